The van der Waals surface area contributed by atoms with Gasteiger partial charge in [-0.3, -0.25) is 4.79 Å². The molecule has 1 aliphatic heterocycles. The molecule has 218 valence electrons. The number of halogens is 1. The Kier molecular flexibility index (Phi) is 8.80. The summed E-state index contributed by atoms with van der Waals surface area (Å²) in [6, 6.07) is 18.8. The van der Waals surface area contributed by atoms with Gasteiger partial charge >= 0.3 is 0 Å². The number of hydrogen-bond acceptors (Lipinski definition) is 7. The summed E-state index contributed by atoms with van der Waals surface area (Å²) in [5, 5.41) is 12.6. The van der Waals surface area contributed by atoms with Crippen LogP contribution in [-0.2, 0) is 10.5 Å². The van der Waals surface area contributed by atoms with Gasteiger partial charge < -0.3 is 20.1 Å². The molecule has 0 fully saturated rings. The van der Waals surface area contributed by atoms with E-state index in [1.165, 1.54) is 11.8 Å². The second-order valence-electron chi connectivity index (χ2n) is 10.5. The molecule has 0 saturated carbocycles. The Morgan fingerprint density at radius 3 is 2.60 bits per heavy atom. The molecule has 1 aliphatic rings. The molecule has 0 saturated heterocycles. The molecule has 0 spiro atoms. The molecule has 4 aromatic rings. The summed E-state index contributed by atoms with van der Waals surface area (Å²) in [5.41, 5.74) is 5.88. The maximum absolute atomic E-state index is 14.0. The van der Waals surface area contributed by atoms with E-state index in [0.717, 1.165) is 27.9 Å². The fourth-order valence-corrected chi connectivity index (χ4v) is 6.02. The maximum Gasteiger partial charge on any atom is 0.255 e. The van der Waals surface area contributed by atoms with Crippen LogP contribution in [0.4, 0.5) is 11.6 Å². The van der Waals surface area contributed by atoms with Crippen molar-refractivity contribution in [2.45, 2.75) is 57.7 Å². The highest BCUT2D eigenvalue weighted by Crippen LogP contribution is 2.40. The maximum atomic E-state index is 14.0. The third-order valence-corrected chi connectivity index (χ3v) is 8.14. The van der Waals surface area contributed by atoms with Gasteiger partial charge in [0.15, 0.2) is 11.5 Å². The number of anilines is 2. The van der Waals surface area contributed by atoms with Gasteiger partial charge in [-0.2, -0.15) is 4.98 Å². The van der Waals surface area contributed by atoms with E-state index in [1.54, 1.807) is 11.8 Å². The molecule has 0 bridgehead atoms. The summed E-state index contributed by atoms with van der Waals surface area (Å²) < 4.78 is 13.4. The lowest BCUT2D eigenvalue weighted by Gasteiger charge is -2.29. The summed E-state index contributed by atoms with van der Waals surface area (Å²) in [7, 11) is 1.61. The number of aryl methyl sites for hydroxylation is 2. The van der Waals surface area contributed by atoms with E-state index in [9.17, 15) is 4.79 Å². The lowest BCUT2D eigenvalue weighted by molar-refractivity contribution is -0.113. The zero-order valence-corrected chi connectivity index (χ0v) is 26.1. The number of carbonyl (C=O) groups is 1. The van der Waals surface area contributed by atoms with Gasteiger partial charge in [0.25, 0.3) is 5.91 Å². The van der Waals surface area contributed by atoms with Gasteiger partial charge in [0, 0.05) is 22.2 Å². The SMILES string of the molecule is COc1cc(C2C(C(=O)Nc3ccc(C)cc3C)=C(C)Nc3nc(SCc4ccccc4Cl)nn32)ccc1OC(C)C. The zero-order chi connectivity index (χ0) is 30.0. The first kappa shape index (κ1) is 29.5. The van der Waals surface area contributed by atoms with Crippen molar-refractivity contribution in [3.8, 4) is 11.5 Å². The first-order valence-electron chi connectivity index (χ1n) is 13.7. The lowest BCUT2D eigenvalue weighted by Crippen LogP contribution is -2.31. The third kappa shape index (κ3) is 6.27. The lowest BCUT2D eigenvalue weighted by atomic mass is 9.94. The molecular weight excluding hydrogens is 570 g/mol. The van der Waals surface area contributed by atoms with Crippen LogP contribution in [0.1, 0.15) is 49.1 Å². The molecular formula is C32H34ClN5O3S. The van der Waals surface area contributed by atoms with Crippen molar-refractivity contribution < 1.29 is 14.3 Å². The molecule has 10 heteroatoms. The Morgan fingerprint density at radius 1 is 1.10 bits per heavy atom. The predicted octanol–water partition coefficient (Wildman–Crippen LogP) is 7.56. The number of nitrogens with one attached hydrogen (secondary N) is 2. The third-order valence-electron chi connectivity index (χ3n) is 6.89. The molecule has 0 radical (unpaired) electrons. The number of fused-ring (bicyclic) bond motifs is 1. The molecule has 8 nitrogen and oxygen atoms in total. The van der Waals surface area contributed by atoms with Crippen LogP contribution in [0.3, 0.4) is 0 Å². The number of ether oxygens (including phenoxy) is 2. The minimum absolute atomic E-state index is 0.0236. The minimum Gasteiger partial charge on any atom is -0.493 e. The highest BCUT2D eigenvalue weighted by atomic mass is 35.5. The van der Waals surface area contributed by atoms with Gasteiger partial charge in [0.05, 0.1) is 18.8 Å². The topological polar surface area (TPSA) is 90.3 Å². The van der Waals surface area contributed by atoms with Crippen molar-refractivity contribution in [3.05, 3.63) is 99.2 Å². The number of carbonyl (C=O) groups excluding carboxylic acids is 1. The van der Waals surface area contributed by atoms with Gasteiger partial charge in [-0.25, -0.2) is 4.68 Å². The van der Waals surface area contributed by atoms with Crippen molar-refractivity contribution in [2.75, 3.05) is 17.7 Å². The van der Waals surface area contributed by atoms with E-state index < -0.39 is 6.04 Å². The number of benzene rings is 3. The van der Waals surface area contributed by atoms with E-state index in [1.807, 2.05) is 95.3 Å². The minimum atomic E-state index is -0.573. The molecule has 5 rings (SSSR count). The van der Waals surface area contributed by atoms with Gasteiger partial charge in [0.1, 0.15) is 6.04 Å². The fraction of sp³-hybridized carbons (Fsp3) is 0.281. The molecule has 3 aromatic carbocycles. The van der Waals surface area contributed by atoms with E-state index in [4.69, 9.17) is 31.2 Å². The first-order valence-corrected chi connectivity index (χ1v) is 15.0. The second kappa shape index (κ2) is 12.5. The number of rotatable bonds is 9. The number of aromatic nitrogens is 3. The van der Waals surface area contributed by atoms with Crippen molar-refractivity contribution in [1.82, 2.24) is 14.8 Å². The van der Waals surface area contributed by atoms with Crippen LogP contribution in [0.25, 0.3) is 0 Å². The van der Waals surface area contributed by atoms with Crippen LogP contribution >= 0.6 is 23.4 Å². The second-order valence-corrected chi connectivity index (χ2v) is 11.8. The molecule has 1 amide bonds. The zero-order valence-electron chi connectivity index (χ0n) is 24.5. The summed E-state index contributed by atoms with van der Waals surface area (Å²) in [5.74, 6) is 2.12. The largest absolute Gasteiger partial charge is 0.493 e. The molecule has 2 N–H and O–H groups in total. The molecule has 42 heavy (non-hydrogen) atoms. The number of methoxy groups -OCH3 is 1. The van der Waals surface area contributed by atoms with Gasteiger partial charge in [-0.05, 0) is 75.6 Å². The Balaban J connectivity index is 1.55. The van der Waals surface area contributed by atoms with Gasteiger partial charge in [0.2, 0.25) is 11.1 Å². The summed E-state index contributed by atoms with van der Waals surface area (Å²) in [6.45, 7) is 9.82. The van der Waals surface area contributed by atoms with Crippen LogP contribution in [-0.4, -0.2) is 33.9 Å². The Hall–Kier alpha value is -3.95. The van der Waals surface area contributed by atoms with Crippen LogP contribution in [0.15, 0.2) is 77.1 Å². The van der Waals surface area contributed by atoms with E-state index in [-0.39, 0.29) is 12.0 Å². The van der Waals surface area contributed by atoms with Crippen molar-refractivity contribution >= 4 is 40.9 Å². The molecule has 1 aromatic heterocycles. The monoisotopic (exact) mass is 603 g/mol. The molecule has 1 atom stereocenters. The number of thioether (sulfide) groups is 1. The Bertz CT molecular complexity index is 1670. The quantitative estimate of drug-likeness (QED) is 0.191. The standard InChI is InChI=1S/C32H34ClN5O3S/c1-18(2)41-26-14-12-22(16-27(26)40-6)29-28(30(39)35-25-13-11-19(3)15-20(25)4)21(5)34-31-36-32(37-38(29)31)42-17-23-9-7-8-10-24(23)33/h7-16,18,29H,17H2,1-6H3,(H,35,39)(H,34,36,37). The fourth-order valence-electron chi connectivity index (χ4n) is 4.90. The van der Waals surface area contributed by atoms with Gasteiger partial charge in [-0.1, -0.05) is 65.3 Å². The summed E-state index contributed by atoms with van der Waals surface area (Å²) in [4.78, 5) is 18.7. The summed E-state index contributed by atoms with van der Waals surface area (Å²) >= 11 is 7.86. The molecule has 2 heterocycles. The normalized spacial score (nSPS) is 14.4. The highest BCUT2D eigenvalue weighted by molar-refractivity contribution is 7.98. The molecule has 0 aliphatic carbocycles. The number of hydrogen-bond donors (Lipinski definition) is 2. The van der Waals surface area contributed by atoms with E-state index in [0.29, 0.717) is 44.6 Å². The Morgan fingerprint density at radius 2 is 1.88 bits per heavy atom. The van der Waals surface area contributed by atoms with Crippen molar-refractivity contribution in [2.24, 2.45) is 0 Å². The van der Waals surface area contributed by atoms with Crippen LogP contribution in [0.5, 0.6) is 11.5 Å². The van der Waals surface area contributed by atoms with Crippen molar-refractivity contribution in [1.29, 1.82) is 0 Å². The average Bonchev–Trinajstić information content (AvgIpc) is 3.35. The number of nitrogens with zero attached hydrogens (tertiary/aromatic N) is 3. The Labute approximate surface area is 255 Å². The van der Waals surface area contributed by atoms with Crippen LogP contribution < -0.4 is 20.1 Å². The first-order chi connectivity index (χ1) is 20.1. The highest BCUT2D eigenvalue weighted by Gasteiger charge is 2.35. The molecule has 1 unspecified atom stereocenters. The average molecular weight is 604 g/mol. The van der Waals surface area contributed by atoms with Crippen LogP contribution in [0.2, 0.25) is 5.02 Å². The van der Waals surface area contributed by atoms with E-state index >= 15 is 0 Å². The van der Waals surface area contributed by atoms with E-state index in [2.05, 4.69) is 10.6 Å². The number of allylic oxidation sites excluding steroid dienone is 1. The van der Waals surface area contributed by atoms with Gasteiger partial charge in [-0.15, -0.1) is 5.10 Å². The number of amides is 1. The van der Waals surface area contributed by atoms with Crippen molar-refractivity contribution in [3.63, 3.8) is 0 Å². The predicted molar refractivity (Wildman–Crippen MR) is 169 cm³/mol. The van der Waals surface area contributed by atoms with Crippen LogP contribution in [0, 0.1) is 13.8 Å². The smallest absolute Gasteiger partial charge is 0.255 e. The summed E-state index contributed by atoms with van der Waals surface area (Å²) in [6.07, 6.45) is -0.0236.